The highest BCUT2D eigenvalue weighted by atomic mass is 127. The molecule has 0 bridgehead atoms. The summed E-state index contributed by atoms with van der Waals surface area (Å²) in [6.45, 7) is 2.23. The molecule has 0 spiro atoms. The summed E-state index contributed by atoms with van der Waals surface area (Å²) in [7, 11) is 0. The van der Waals surface area contributed by atoms with E-state index in [0.29, 0.717) is 6.04 Å². The zero-order chi connectivity index (χ0) is 11.8. The second-order valence-corrected chi connectivity index (χ2v) is 5.41. The lowest BCUT2D eigenvalue weighted by atomic mass is 10.1. The summed E-state index contributed by atoms with van der Waals surface area (Å²) >= 11 is 2.29. The number of benzene rings is 1. The van der Waals surface area contributed by atoms with E-state index in [-0.39, 0.29) is 0 Å². The van der Waals surface area contributed by atoms with Crippen LogP contribution in [0.1, 0.15) is 12.5 Å². The number of hydrogen-bond donors (Lipinski definition) is 0. The van der Waals surface area contributed by atoms with Crippen molar-refractivity contribution in [3.8, 4) is 0 Å². The van der Waals surface area contributed by atoms with Crippen molar-refractivity contribution in [2.24, 2.45) is 0 Å². The summed E-state index contributed by atoms with van der Waals surface area (Å²) < 4.78 is 1.09. The van der Waals surface area contributed by atoms with Gasteiger partial charge in [-0.3, -0.25) is 0 Å². The van der Waals surface area contributed by atoms with Gasteiger partial charge in [-0.05, 0) is 47.6 Å². The van der Waals surface area contributed by atoms with Crippen molar-refractivity contribution in [1.29, 1.82) is 0 Å². The van der Waals surface area contributed by atoms with Crippen molar-refractivity contribution in [2.75, 3.05) is 4.90 Å². The van der Waals surface area contributed by atoms with Crippen molar-refractivity contribution in [1.82, 2.24) is 9.97 Å². The van der Waals surface area contributed by atoms with E-state index in [2.05, 4.69) is 68.6 Å². The Morgan fingerprint density at radius 1 is 1.35 bits per heavy atom. The first kappa shape index (κ1) is 11.0. The summed E-state index contributed by atoms with van der Waals surface area (Å²) in [5.74, 6) is 1.01. The lowest BCUT2D eigenvalue weighted by Crippen LogP contribution is -2.25. The molecule has 3 rings (SSSR count). The molecule has 1 aromatic heterocycles. The van der Waals surface area contributed by atoms with E-state index in [0.717, 1.165) is 15.8 Å². The van der Waals surface area contributed by atoms with Crippen molar-refractivity contribution >= 4 is 34.1 Å². The second kappa shape index (κ2) is 4.25. The average Bonchev–Trinajstić information content (AvgIpc) is 2.66. The molecule has 4 heteroatoms. The van der Waals surface area contributed by atoms with Gasteiger partial charge in [0.05, 0.1) is 3.57 Å². The van der Waals surface area contributed by atoms with Gasteiger partial charge < -0.3 is 4.90 Å². The zero-order valence-corrected chi connectivity index (χ0v) is 11.6. The Balaban J connectivity index is 2.13. The molecule has 1 atom stereocenters. The standard InChI is InChI=1S/C13H12IN3/c1-9-6-10-4-2-3-5-12(10)17(9)13-11(14)7-15-8-16-13/h2-5,7-9H,6H2,1H3. The van der Waals surface area contributed by atoms with Crippen LogP contribution in [-0.2, 0) is 6.42 Å². The predicted molar refractivity (Wildman–Crippen MR) is 76.5 cm³/mol. The summed E-state index contributed by atoms with van der Waals surface area (Å²) in [4.78, 5) is 10.8. The van der Waals surface area contributed by atoms with Crippen LogP contribution in [0.2, 0.25) is 0 Å². The van der Waals surface area contributed by atoms with Crippen LogP contribution in [0, 0.1) is 3.57 Å². The maximum Gasteiger partial charge on any atom is 0.150 e. The summed E-state index contributed by atoms with van der Waals surface area (Å²) in [6, 6.07) is 8.99. The molecule has 0 N–H and O–H groups in total. The highest BCUT2D eigenvalue weighted by Gasteiger charge is 2.28. The molecular weight excluding hydrogens is 325 g/mol. The van der Waals surface area contributed by atoms with Crippen LogP contribution in [0.25, 0.3) is 0 Å². The number of rotatable bonds is 1. The van der Waals surface area contributed by atoms with Gasteiger partial charge in [-0.15, -0.1) is 0 Å². The fourth-order valence-electron chi connectivity index (χ4n) is 2.37. The van der Waals surface area contributed by atoms with Crippen LogP contribution in [-0.4, -0.2) is 16.0 Å². The largest absolute Gasteiger partial charge is 0.322 e. The number of halogens is 1. The fraction of sp³-hybridized carbons (Fsp3) is 0.231. The molecule has 1 unspecified atom stereocenters. The Morgan fingerprint density at radius 3 is 3.00 bits per heavy atom. The van der Waals surface area contributed by atoms with E-state index in [9.17, 15) is 0 Å². The Kier molecular flexibility index (Phi) is 2.74. The molecule has 0 radical (unpaired) electrons. The number of para-hydroxylation sites is 1. The minimum absolute atomic E-state index is 0.454. The third-order valence-electron chi connectivity index (χ3n) is 3.08. The molecule has 1 aromatic carbocycles. The molecule has 86 valence electrons. The van der Waals surface area contributed by atoms with E-state index < -0.39 is 0 Å². The molecule has 2 aromatic rings. The molecular formula is C13H12IN3. The third kappa shape index (κ3) is 1.80. The van der Waals surface area contributed by atoms with Crippen molar-refractivity contribution < 1.29 is 0 Å². The Morgan fingerprint density at radius 2 is 2.18 bits per heavy atom. The minimum atomic E-state index is 0.454. The van der Waals surface area contributed by atoms with Gasteiger partial charge in [0.1, 0.15) is 12.1 Å². The van der Waals surface area contributed by atoms with Crippen molar-refractivity contribution in [3.05, 3.63) is 45.9 Å². The monoisotopic (exact) mass is 337 g/mol. The molecule has 2 heterocycles. The predicted octanol–water partition coefficient (Wildman–Crippen LogP) is 3.16. The van der Waals surface area contributed by atoms with Crippen LogP contribution < -0.4 is 4.90 Å². The van der Waals surface area contributed by atoms with Gasteiger partial charge in [-0.2, -0.15) is 0 Å². The second-order valence-electron chi connectivity index (χ2n) is 4.25. The first-order valence-corrected chi connectivity index (χ1v) is 6.68. The normalized spacial score (nSPS) is 18.2. The lowest BCUT2D eigenvalue weighted by molar-refractivity contribution is 0.747. The van der Waals surface area contributed by atoms with Gasteiger partial charge >= 0.3 is 0 Å². The van der Waals surface area contributed by atoms with Crippen molar-refractivity contribution in [2.45, 2.75) is 19.4 Å². The summed E-state index contributed by atoms with van der Waals surface area (Å²) in [5.41, 5.74) is 2.67. The first-order valence-electron chi connectivity index (χ1n) is 5.60. The van der Waals surface area contributed by atoms with Gasteiger partial charge in [0.25, 0.3) is 0 Å². The zero-order valence-electron chi connectivity index (χ0n) is 9.47. The SMILES string of the molecule is CC1Cc2ccccc2N1c1ncncc1I. The maximum absolute atomic E-state index is 4.42. The van der Waals surface area contributed by atoms with Gasteiger partial charge in [0, 0.05) is 17.9 Å². The van der Waals surface area contributed by atoms with Gasteiger partial charge in [-0.25, -0.2) is 9.97 Å². The van der Waals surface area contributed by atoms with Gasteiger partial charge in [0.2, 0.25) is 0 Å². The highest BCUT2D eigenvalue weighted by molar-refractivity contribution is 14.1. The summed E-state index contributed by atoms with van der Waals surface area (Å²) in [5, 5.41) is 0. The number of aromatic nitrogens is 2. The molecule has 0 aliphatic carbocycles. The first-order chi connectivity index (χ1) is 8.27. The smallest absolute Gasteiger partial charge is 0.150 e. The van der Waals surface area contributed by atoms with Crippen LogP contribution in [0.4, 0.5) is 11.5 Å². The molecule has 1 aliphatic rings. The number of nitrogens with zero attached hydrogens (tertiary/aromatic N) is 3. The molecule has 17 heavy (non-hydrogen) atoms. The molecule has 0 amide bonds. The van der Waals surface area contributed by atoms with Crippen LogP contribution in [0.5, 0.6) is 0 Å². The van der Waals surface area contributed by atoms with E-state index in [4.69, 9.17) is 0 Å². The molecule has 3 nitrogen and oxygen atoms in total. The molecule has 0 fully saturated rings. The highest BCUT2D eigenvalue weighted by Crippen LogP contribution is 2.38. The topological polar surface area (TPSA) is 29.0 Å². The fourth-order valence-corrected chi connectivity index (χ4v) is 2.93. The van der Waals surface area contributed by atoms with Crippen molar-refractivity contribution in [3.63, 3.8) is 0 Å². The minimum Gasteiger partial charge on any atom is -0.322 e. The third-order valence-corrected chi connectivity index (χ3v) is 3.84. The Hall–Kier alpha value is -1.17. The van der Waals surface area contributed by atoms with Gasteiger partial charge in [0.15, 0.2) is 0 Å². The molecule has 0 saturated carbocycles. The quantitative estimate of drug-likeness (QED) is 0.749. The number of fused-ring (bicyclic) bond motifs is 1. The Bertz CT molecular complexity index is 556. The number of hydrogen-bond acceptors (Lipinski definition) is 3. The van der Waals surface area contributed by atoms with E-state index in [1.807, 2.05) is 6.20 Å². The van der Waals surface area contributed by atoms with Gasteiger partial charge in [-0.1, -0.05) is 18.2 Å². The van der Waals surface area contributed by atoms with E-state index in [1.54, 1.807) is 6.33 Å². The average molecular weight is 337 g/mol. The van der Waals surface area contributed by atoms with E-state index >= 15 is 0 Å². The maximum atomic E-state index is 4.42. The molecule has 1 aliphatic heterocycles. The number of anilines is 2. The van der Waals surface area contributed by atoms with E-state index in [1.165, 1.54) is 11.3 Å². The van der Waals surface area contributed by atoms with Crippen LogP contribution >= 0.6 is 22.6 Å². The Labute approximate surface area is 114 Å². The summed E-state index contributed by atoms with van der Waals surface area (Å²) in [6.07, 6.45) is 4.55. The lowest BCUT2D eigenvalue weighted by Gasteiger charge is -2.24. The van der Waals surface area contributed by atoms with Crippen LogP contribution in [0.3, 0.4) is 0 Å². The van der Waals surface area contributed by atoms with Crippen LogP contribution in [0.15, 0.2) is 36.8 Å². The molecule has 0 saturated heterocycles.